The third-order valence-electron chi connectivity index (χ3n) is 5.66. The minimum Gasteiger partial charge on any atom is -0.506 e. The molecule has 36 heavy (non-hydrogen) atoms. The molecule has 196 valence electrons. The summed E-state index contributed by atoms with van der Waals surface area (Å²) in [5.74, 6) is 0.788. The van der Waals surface area contributed by atoms with E-state index < -0.39 is 0 Å². The molecule has 3 rings (SSSR count). The third kappa shape index (κ3) is 7.32. The number of halogens is 2. The molecule has 0 bridgehead atoms. The summed E-state index contributed by atoms with van der Waals surface area (Å²) in [6, 6.07) is 0. The molecule has 3 heterocycles. The van der Waals surface area contributed by atoms with Crippen LogP contribution in [0.5, 0.6) is 11.5 Å². The van der Waals surface area contributed by atoms with Gasteiger partial charge in [-0.1, -0.05) is 48.8 Å². The van der Waals surface area contributed by atoms with E-state index >= 15 is 0 Å². The second-order valence-electron chi connectivity index (χ2n) is 7.74. The van der Waals surface area contributed by atoms with Crippen LogP contribution >= 0.6 is 48.3 Å². The molecule has 0 saturated carbocycles. The zero-order chi connectivity index (χ0) is 24.8. The van der Waals surface area contributed by atoms with E-state index in [1.165, 1.54) is 0 Å². The number of piperazine rings is 1. The van der Waals surface area contributed by atoms with E-state index in [0.29, 0.717) is 71.3 Å². The molecule has 2 aromatic heterocycles. The lowest BCUT2D eigenvalue weighted by atomic mass is 10.1. The number of carbonyl (C=O) groups excluding carboxylic acids is 2. The highest BCUT2D eigenvalue weighted by molar-refractivity contribution is 8.13. The van der Waals surface area contributed by atoms with Crippen molar-refractivity contribution in [2.75, 3.05) is 26.2 Å². The molecule has 0 aliphatic carbocycles. The smallest absolute Gasteiger partial charge is 0.282 e. The van der Waals surface area contributed by atoms with E-state index in [9.17, 15) is 19.8 Å². The molecule has 1 aliphatic heterocycles. The number of amides is 2. The molecule has 2 amide bonds. The van der Waals surface area contributed by atoms with Gasteiger partial charge in [0.2, 0.25) is 0 Å². The highest BCUT2D eigenvalue weighted by atomic mass is 35.5. The van der Waals surface area contributed by atoms with Gasteiger partial charge in [0.1, 0.15) is 11.5 Å². The molecule has 1 aliphatic rings. The first-order valence-corrected chi connectivity index (χ1v) is 12.7. The number of thioether (sulfide) groups is 2. The van der Waals surface area contributed by atoms with Crippen LogP contribution in [0.4, 0.5) is 9.59 Å². The largest absolute Gasteiger partial charge is 0.506 e. The summed E-state index contributed by atoms with van der Waals surface area (Å²) in [5.41, 5.74) is 3.69. The fourth-order valence-electron chi connectivity index (χ4n) is 3.50. The zero-order valence-electron chi connectivity index (χ0n) is 20.1. The van der Waals surface area contributed by atoms with Crippen LogP contribution in [0.15, 0.2) is 25.6 Å². The number of carbonyl (C=O) groups is 2. The summed E-state index contributed by atoms with van der Waals surface area (Å²) in [4.78, 5) is 37.1. The van der Waals surface area contributed by atoms with E-state index in [0.717, 1.165) is 23.5 Å². The van der Waals surface area contributed by atoms with Gasteiger partial charge in [0.05, 0.1) is 11.4 Å². The Hall–Kier alpha value is -2.40. The van der Waals surface area contributed by atoms with Gasteiger partial charge >= 0.3 is 0 Å². The molecule has 0 aromatic carbocycles. The number of hydrogen-bond donors (Lipinski definition) is 2. The molecular formula is C24H30Cl2N4O4S2. The summed E-state index contributed by atoms with van der Waals surface area (Å²) >= 11 is 2.22. The summed E-state index contributed by atoms with van der Waals surface area (Å²) in [6.45, 7) is 12.6. The predicted molar refractivity (Wildman–Crippen MR) is 152 cm³/mol. The molecular weight excluding hydrogens is 543 g/mol. The maximum absolute atomic E-state index is 12.7. The van der Waals surface area contributed by atoms with Crippen LogP contribution in [0.1, 0.15) is 33.6 Å². The number of pyridine rings is 2. The fraction of sp³-hybridized carbons (Fsp3) is 0.333. The molecule has 0 spiro atoms. The molecule has 12 heteroatoms. The topological polar surface area (TPSA) is 107 Å². The SMILES string of the molecule is C=Cc1cnc(C)c(O)c1CSC(=O)N1CCN(C(=O)SCc2c(C=C)cnc(C)c2O)CC1.Cl.Cl. The first-order chi connectivity index (χ1) is 16.3. The van der Waals surface area contributed by atoms with Gasteiger partial charge in [-0.15, -0.1) is 24.8 Å². The zero-order valence-corrected chi connectivity index (χ0v) is 23.4. The number of aromatic hydroxyl groups is 2. The number of aryl methyl sites for hydroxylation is 2. The van der Waals surface area contributed by atoms with Crippen molar-refractivity contribution in [3.63, 3.8) is 0 Å². The summed E-state index contributed by atoms with van der Waals surface area (Å²) in [5, 5.41) is 20.4. The highest BCUT2D eigenvalue weighted by Crippen LogP contribution is 2.31. The van der Waals surface area contributed by atoms with E-state index in [2.05, 4.69) is 23.1 Å². The van der Waals surface area contributed by atoms with Gasteiger partial charge in [0, 0.05) is 61.2 Å². The van der Waals surface area contributed by atoms with Crippen molar-refractivity contribution in [1.82, 2.24) is 19.8 Å². The van der Waals surface area contributed by atoms with Crippen LogP contribution < -0.4 is 0 Å². The van der Waals surface area contributed by atoms with Gasteiger partial charge in [0.15, 0.2) is 0 Å². The number of aromatic nitrogens is 2. The van der Waals surface area contributed by atoms with Gasteiger partial charge in [0.25, 0.3) is 10.5 Å². The lowest BCUT2D eigenvalue weighted by Crippen LogP contribution is -2.48. The third-order valence-corrected chi connectivity index (χ3v) is 7.54. The quantitative estimate of drug-likeness (QED) is 0.456. The van der Waals surface area contributed by atoms with Gasteiger partial charge in [-0.2, -0.15) is 0 Å². The van der Waals surface area contributed by atoms with Crippen molar-refractivity contribution in [3.8, 4) is 11.5 Å². The van der Waals surface area contributed by atoms with Crippen LogP contribution in [0.25, 0.3) is 12.2 Å². The molecule has 1 fully saturated rings. The van der Waals surface area contributed by atoms with Crippen molar-refractivity contribution in [1.29, 1.82) is 0 Å². The van der Waals surface area contributed by atoms with E-state index in [-0.39, 0.29) is 46.8 Å². The Kier molecular flexibility index (Phi) is 12.6. The van der Waals surface area contributed by atoms with Crippen LogP contribution in [-0.2, 0) is 11.5 Å². The highest BCUT2D eigenvalue weighted by Gasteiger charge is 2.25. The lowest BCUT2D eigenvalue weighted by molar-refractivity contribution is 0.168. The molecule has 2 N–H and O–H groups in total. The second-order valence-corrected chi connectivity index (χ2v) is 9.60. The maximum atomic E-state index is 12.7. The normalized spacial score (nSPS) is 12.8. The van der Waals surface area contributed by atoms with E-state index in [1.807, 2.05) is 0 Å². The Balaban J connectivity index is 0.00000324. The fourth-order valence-corrected chi connectivity index (χ4v) is 5.37. The monoisotopic (exact) mass is 572 g/mol. The van der Waals surface area contributed by atoms with Crippen LogP contribution in [-0.4, -0.2) is 66.6 Å². The maximum Gasteiger partial charge on any atom is 0.282 e. The number of nitrogens with zero attached hydrogens (tertiary/aromatic N) is 4. The van der Waals surface area contributed by atoms with Gasteiger partial charge in [-0.05, 0) is 25.0 Å². The second kappa shape index (κ2) is 14.4. The Morgan fingerprint density at radius 2 is 1.17 bits per heavy atom. The van der Waals surface area contributed by atoms with Crippen molar-refractivity contribution >= 4 is 71.0 Å². The Bertz CT molecular complexity index is 1040. The first-order valence-electron chi connectivity index (χ1n) is 10.7. The van der Waals surface area contributed by atoms with E-state index in [1.54, 1.807) is 48.2 Å². The average molecular weight is 574 g/mol. The Labute approximate surface area is 232 Å². The summed E-state index contributed by atoms with van der Waals surface area (Å²) < 4.78 is 0. The molecule has 0 atom stereocenters. The minimum absolute atomic E-state index is 0. The molecule has 0 unspecified atom stereocenters. The van der Waals surface area contributed by atoms with Crippen LogP contribution in [0.2, 0.25) is 0 Å². The summed E-state index contributed by atoms with van der Waals surface area (Å²) in [6.07, 6.45) is 6.49. The Morgan fingerprint density at radius 3 is 1.47 bits per heavy atom. The van der Waals surface area contributed by atoms with Crippen molar-refractivity contribution in [3.05, 3.63) is 59.2 Å². The van der Waals surface area contributed by atoms with Gasteiger partial charge in [-0.3, -0.25) is 19.6 Å². The number of hydrogen-bond acceptors (Lipinski definition) is 8. The van der Waals surface area contributed by atoms with Gasteiger partial charge < -0.3 is 20.0 Å². The predicted octanol–water partition coefficient (Wildman–Crippen LogP) is 5.66. The minimum atomic E-state index is -0.101. The number of rotatable bonds is 6. The first kappa shape index (κ1) is 31.6. The molecule has 1 saturated heterocycles. The van der Waals surface area contributed by atoms with E-state index in [4.69, 9.17) is 0 Å². The van der Waals surface area contributed by atoms with Crippen LogP contribution in [0.3, 0.4) is 0 Å². The van der Waals surface area contributed by atoms with Gasteiger partial charge in [-0.25, -0.2) is 0 Å². The van der Waals surface area contributed by atoms with Crippen molar-refractivity contribution in [2.24, 2.45) is 0 Å². The average Bonchev–Trinajstić information content (AvgIpc) is 2.85. The van der Waals surface area contributed by atoms with Crippen LogP contribution in [0, 0.1) is 13.8 Å². The lowest BCUT2D eigenvalue weighted by Gasteiger charge is -2.34. The van der Waals surface area contributed by atoms with Crippen molar-refractivity contribution in [2.45, 2.75) is 25.4 Å². The van der Waals surface area contributed by atoms with Crippen molar-refractivity contribution < 1.29 is 19.8 Å². The molecule has 8 nitrogen and oxygen atoms in total. The Morgan fingerprint density at radius 1 is 0.833 bits per heavy atom. The standard InChI is InChI=1S/C24H28N4O4S2.2ClH/c1-5-17-11-25-15(3)21(29)19(17)13-33-23(31)27-7-9-28(10-8-27)24(32)34-14-20-18(6-2)12-26-16(4)22(20)30;;/h5-6,11-12,29-30H,1-2,7-10,13-14H2,3-4H3;2*1H. The molecule has 0 radical (unpaired) electrons. The molecule has 2 aromatic rings. The summed E-state index contributed by atoms with van der Waals surface area (Å²) in [7, 11) is 0.